The summed E-state index contributed by atoms with van der Waals surface area (Å²) in [5.74, 6) is -0.195. The van der Waals surface area contributed by atoms with Crippen LogP contribution in [0.25, 0.3) is 33.4 Å². The SMILES string of the molecule is CCn1c(-c2cc(N3CCN(C)CC3)cnc2C(C)OC)c2c3cc(ccc31)-c1csc(n1)CC(NC(=O)C1C(C)C1C)C(=O)N1NC(C(=O)OCC(C)(C)C2)C2CC1C2. The Morgan fingerprint density at radius 3 is 2.57 bits per heavy atom. The summed E-state index contributed by atoms with van der Waals surface area (Å²) in [5.41, 5.74) is 11.0. The number of hydrogen-bond donors (Lipinski definition) is 2. The predicted octanol–water partition coefficient (Wildman–Crippen LogP) is 5.85. The van der Waals surface area contributed by atoms with E-state index in [0.717, 1.165) is 88.1 Å². The second kappa shape index (κ2) is 15.8. The van der Waals surface area contributed by atoms with E-state index in [0.29, 0.717) is 19.3 Å². The summed E-state index contributed by atoms with van der Waals surface area (Å²) in [4.78, 5) is 57.1. The van der Waals surface area contributed by atoms with E-state index in [-0.39, 0.29) is 66.6 Å². The number of piperazine rings is 1. The molecule has 13 nitrogen and oxygen atoms in total. The second-order valence-electron chi connectivity index (χ2n) is 18.9. The highest BCUT2D eigenvalue weighted by Crippen LogP contribution is 2.46. The minimum atomic E-state index is -0.829. The summed E-state index contributed by atoms with van der Waals surface area (Å²) in [5, 5.41) is 8.67. The number of aromatic nitrogens is 3. The molecule has 2 amide bonds. The number of methoxy groups -OCH3 is 1. The number of thiazole rings is 1. The first-order valence-corrected chi connectivity index (χ1v) is 22.8. The number of nitrogens with one attached hydrogen (secondary N) is 2. The summed E-state index contributed by atoms with van der Waals surface area (Å²) in [7, 11) is 3.90. The molecule has 5 atom stereocenters. The Morgan fingerprint density at radius 2 is 1.87 bits per heavy atom. The zero-order chi connectivity index (χ0) is 42.2. The lowest BCUT2D eigenvalue weighted by atomic mass is 9.73. The molecule has 1 aromatic carbocycles. The molecule has 320 valence electrons. The largest absolute Gasteiger partial charge is 0.464 e. The van der Waals surface area contributed by atoms with Crippen molar-refractivity contribution in [3.63, 3.8) is 0 Å². The zero-order valence-corrected chi connectivity index (χ0v) is 37.1. The number of carbonyl (C=O) groups is 3. The standard InChI is InChI=1S/C46H60N8O5S/c1-9-53-37-11-10-28-18-32(37)34(42(53)33-19-31(22-47-40(33)27(4)58-8)52-14-12-51(7)13-15-52)21-46(5,6)24-59-45(57)41-29-16-30(17-29)54(50-41)44(56)35(20-38-48-36(28)23-60-38)49-43(55)39-25(2)26(39)3/h10-11,18-19,22-23,25-27,29-30,35,39,41,50H,9,12-17,20-21,24H2,1-8H3,(H,49,55). The summed E-state index contributed by atoms with van der Waals surface area (Å²) in [6.07, 6.45) is 4.05. The van der Waals surface area contributed by atoms with Crippen LogP contribution < -0.4 is 15.6 Å². The molecule has 14 heteroatoms. The van der Waals surface area contributed by atoms with Crippen LogP contribution in [0.4, 0.5) is 5.69 Å². The fourth-order valence-corrected chi connectivity index (χ4v) is 10.9. The number of rotatable bonds is 7. The number of likely N-dealkylation sites (N-methyl/N-ethyl adjacent to an activating group) is 1. The van der Waals surface area contributed by atoms with Crippen molar-refractivity contribution in [1.82, 2.24) is 35.2 Å². The molecule has 0 spiro atoms. The average molecular weight is 837 g/mol. The van der Waals surface area contributed by atoms with Gasteiger partial charge in [0.05, 0.1) is 46.7 Å². The fourth-order valence-electron chi connectivity index (χ4n) is 10.1. The van der Waals surface area contributed by atoms with Gasteiger partial charge in [-0.15, -0.1) is 11.3 Å². The smallest absolute Gasteiger partial charge is 0.325 e. The normalized spacial score (nSPS) is 28.5. The lowest BCUT2D eigenvalue weighted by molar-refractivity contribution is -0.171. The number of fused-ring (bicyclic) bond motifs is 4. The van der Waals surface area contributed by atoms with Gasteiger partial charge in [-0.2, -0.15) is 0 Å². The highest BCUT2D eigenvalue weighted by Gasteiger charge is 2.53. The number of pyridine rings is 1. The van der Waals surface area contributed by atoms with Crippen LogP contribution in [-0.4, -0.2) is 107 Å². The Morgan fingerprint density at radius 1 is 1.12 bits per heavy atom. The Kier molecular flexibility index (Phi) is 10.8. The van der Waals surface area contributed by atoms with Gasteiger partial charge in [-0.25, -0.2) is 10.4 Å². The molecule has 2 saturated carbocycles. The number of esters is 1. The molecule has 4 aliphatic heterocycles. The molecule has 8 bridgehead atoms. The van der Waals surface area contributed by atoms with Gasteiger partial charge in [0.15, 0.2) is 0 Å². The van der Waals surface area contributed by atoms with E-state index in [9.17, 15) is 14.4 Å². The first-order valence-electron chi connectivity index (χ1n) is 21.9. The molecule has 60 heavy (non-hydrogen) atoms. The number of anilines is 1. The lowest BCUT2D eigenvalue weighted by Crippen LogP contribution is -2.71. The van der Waals surface area contributed by atoms with Crippen LogP contribution >= 0.6 is 11.3 Å². The Hall–Kier alpha value is -4.37. The van der Waals surface area contributed by atoms with Crippen LogP contribution in [0.15, 0.2) is 35.8 Å². The van der Waals surface area contributed by atoms with E-state index in [1.807, 2.05) is 6.20 Å². The van der Waals surface area contributed by atoms with Gasteiger partial charge < -0.3 is 29.2 Å². The van der Waals surface area contributed by atoms with Crippen LogP contribution in [0.3, 0.4) is 0 Å². The number of cyclic esters (lactones) is 1. The number of amides is 2. The minimum absolute atomic E-state index is 0.0419. The van der Waals surface area contributed by atoms with Crippen molar-refractivity contribution in [2.75, 3.05) is 51.8 Å². The summed E-state index contributed by atoms with van der Waals surface area (Å²) >= 11 is 1.50. The van der Waals surface area contributed by atoms with Gasteiger partial charge in [0.1, 0.15) is 12.1 Å². The Labute approximate surface area is 357 Å². The lowest BCUT2D eigenvalue weighted by Gasteiger charge is -2.53. The Balaban J connectivity index is 1.17. The zero-order valence-electron chi connectivity index (χ0n) is 36.3. The maximum Gasteiger partial charge on any atom is 0.325 e. The number of ether oxygens (including phenoxy) is 2. The number of hydrogen-bond acceptors (Lipinski definition) is 11. The summed E-state index contributed by atoms with van der Waals surface area (Å²) < 4.78 is 14.6. The fraction of sp³-hybridized carbons (Fsp3) is 0.587. The minimum Gasteiger partial charge on any atom is -0.464 e. The van der Waals surface area contributed by atoms with Crippen molar-refractivity contribution in [3.05, 3.63) is 52.1 Å². The molecule has 7 heterocycles. The summed E-state index contributed by atoms with van der Waals surface area (Å²) in [6, 6.07) is 7.36. The third kappa shape index (κ3) is 7.41. The number of carbonyl (C=O) groups excluding carboxylic acids is 3. The van der Waals surface area contributed by atoms with Crippen molar-refractivity contribution < 1.29 is 23.9 Å². The maximum atomic E-state index is 14.4. The van der Waals surface area contributed by atoms with E-state index in [4.69, 9.17) is 19.4 Å². The van der Waals surface area contributed by atoms with E-state index in [1.165, 1.54) is 11.3 Å². The first-order chi connectivity index (χ1) is 28.7. The average Bonchev–Trinajstić information content (AvgIpc) is 3.50. The monoisotopic (exact) mass is 836 g/mol. The van der Waals surface area contributed by atoms with Crippen LogP contribution in [0.5, 0.6) is 0 Å². The quantitative estimate of drug-likeness (QED) is 0.219. The van der Waals surface area contributed by atoms with Crippen LogP contribution in [0, 0.1) is 29.1 Å². The highest BCUT2D eigenvalue weighted by atomic mass is 32.1. The number of hydrazine groups is 1. The third-order valence-electron chi connectivity index (χ3n) is 14.2. The number of nitrogens with zero attached hydrogens (tertiary/aromatic N) is 6. The van der Waals surface area contributed by atoms with Gasteiger partial charge in [0, 0.05) is 91.0 Å². The molecule has 3 saturated heterocycles. The van der Waals surface area contributed by atoms with E-state index >= 15 is 0 Å². The van der Waals surface area contributed by atoms with E-state index in [1.54, 1.807) is 12.1 Å². The molecule has 4 aromatic rings. The van der Waals surface area contributed by atoms with Gasteiger partial charge in [0.25, 0.3) is 5.91 Å². The van der Waals surface area contributed by atoms with Gasteiger partial charge in [-0.1, -0.05) is 33.8 Å². The maximum absolute atomic E-state index is 14.4. The van der Waals surface area contributed by atoms with Gasteiger partial charge in [-0.3, -0.25) is 24.4 Å². The van der Waals surface area contributed by atoms with Crippen molar-refractivity contribution in [3.8, 4) is 22.5 Å². The second-order valence-corrected chi connectivity index (χ2v) is 19.8. The number of benzene rings is 1. The van der Waals surface area contributed by atoms with Gasteiger partial charge >= 0.3 is 5.97 Å². The molecular formula is C46H60N8O5S. The third-order valence-corrected chi connectivity index (χ3v) is 15.1. The molecule has 2 N–H and O–H groups in total. The molecule has 3 aromatic heterocycles. The molecule has 5 fully saturated rings. The van der Waals surface area contributed by atoms with Gasteiger partial charge in [0.2, 0.25) is 5.91 Å². The van der Waals surface area contributed by atoms with E-state index < -0.39 is 17.5 Å². The topological polar surface area (TPSA) is 134 Å². The van der Waals surface area contributed by atoms with Crippen molar-refractivity contribution in [1.29, 1.82) is 0 Å². The molecule has 6 aliphatic rings. The molecule has 10 rings (SSSR count). The van der Waals surface area contributed by atoms with E-state index in [2.05, 4.69) is 103 Å². The van der Waals surface area contributed by atoms with Gasteiger partial charge in [-0.05, 0) is 81.7 Å². The predicted molar refractivity (Wildman–Crippen MR) is 233 cm³/mol. The van der Waals surface area contributed by atoms with Crippen molar-refractivity contribution in [2.45, 2.75) is 98.0 Å². The molecular weight excluding hydrogens is 777 g/mol. The molecule has 0 radical (unpaired) electrons. The molecule has 5 unspecified atom stereocenters. The van der Waals surface area contributed by atoms with Crippen molar-refractivity contribution in [2.24, 2.45) is 29.1 Å². The Bertz CT molecular complexity index is 2300. The summed E-state index contributed by atoms with van der Waals surface area (Å²) in [6.45, 7) is 17.4. The highest BCUT2D eigenvalue weighted by molar-refractivity contribution is 7.10. The molecule has 2 aliphatic carbocycles. The van der Waals surface area contributed by atoms with Crippen LogP contribution in [0.2, 0.25) is 0 Å². The van der Waals surface area contributed by atoms with Crippen molar-refractivity contribution >= 4 is 45.7 Å². The number of aryl methyl sites for hydroxylation is 1. The van der Waals surface area contributed by atoms with Crippen LogP contribution in [0.1, 0.15) is 76.8 Å². The van der Waals surface area contributed by atoms with Crippen LogP contribution in [-0.2, 0) is 43.2 Å². The first kappa shape index (κ1) is 41.0.